The molecule has 1 aromatic carbocycles. The van der Waals surface area contributed by atoms with Gasteiger partial charge in [-0.1, -0.05) is 42.7 Å². The van der Waals surface area contributed by atoms with Crippen LogP contribution in [0.4, 0.5) is 5.69 Å². The molecule has 3 nitrogen and oxygen atoms in total. The summed E-state index contributed by atoms with van der Waals surface area (Å²) in [4.78, 5) is 0. The normalized spacial score (nSPS) is 11.0. The third kappa shape index (κ3) is 1.91. The van der Waals surface area contributed by atoms with Gasteiger partial charge in [0.15, 0.2) is 5.76 Å². The summed E-state index contributed by atoms with van der Waals surface area (Å²) in [6, 6.07) is 7.36. The Labute approximate surface area is 99.2 Å². The highest BCUT2D eigenvalue weighted by Crippen LogP contribution is 2.32. The number of hydrogen-bond donors (Lipinski definition) is 1. The second-order valence-corrected chi connectivity index (χ2v) is 4.41. The lowest BCUT2D eigenvalue weighted by Crippen LogP contribution is -1.93. The van der Waals surface area contributed by atoms with Gasteiger partial charge >= 0.3 is 0 Å². The fourth-order valence-corrected chi connectivity index (χ4v) is 1.67. The standard InChI is InChI=1S/C12H13ClN2O/c1-7(2)12-10(14)11(15-16-12)8-3-5-9(13)6-4-8/h3-7H,14H2,1-2H3. The maximum Gasteiger partial charge on any atom is 0.162 e. The number of hydrogen-bond acceptors (Lipinski definition) is 3. The lowest BCUT2D eigenvalue weighted by molar-refractivity contribution is 0.374. The van der Waals surface area contributed by atoms with E-state index in [1.54, 1.807) is 12.1 Å². The summed E-state index contributed by atoms with van der Waals surface area (Å²) >= 11 is 5.82. The maximum atomic E-state index is 5.99. The molecule has 0 unspecified atom stereocenters. The average molecular weight is 237 g/mol. The number of anilines is 1. The molecule has 0 saturated carbocycles. The Kier molecular flexibility index (Phi) is 2.88. The topological polar surface area (TPSA) is 52.0 Å². The van der Waals surface area contributed by atoms with Gasteiger partial charge in [-0.15, -0.1) is 0 Å². The molecule has 2 rings (SSSR count). The van der Waals surface area contributed by atoms with Gasteiger partial charge in [0.05, 0.1) is 0 Å². The summed E-state index contributed by atoms with van der Waals surface area (Å²) < 4.78 is 5.23. The van der Waals surface area contributed by atoms with Gasteiger partial charge in [0.2, 0.25) is 0 Å². The first-order chi connectivity index (χ1) is 7.59. The molecule has 0 aliphatic rings. The van der Waals surface area contributed by atoms with Crippen molar-refractivity contribution >= 4 is 17.3 Å². The predicted molar refractivity (Wildman–Crippen MR) is 65.5 cm³/mol. The van der Waals surface area contributed by atoms with Crippen molar-refractivity contribution in [1.82, 2.24) is 5.16 Å². The molecule has 1 heterocycles. The van der Waals surface area contributed by atoms with Crippen LogP contribution in [0.25, 0.3) is 11.3 Å². The van der Waals surface area contributed by atoms with E-state index < -0.39 is 0 Å². The first kappa shape index (κ1) is 11.0. The summed E-state index contributed by atoms with van der Waals surface area (Å²) in [6.45, 7) is 4.03. The van der Waals surface area contributed by atoms with Crippen LogP contribution in [-0.4, -0.2) is 5.16 Å². The quantitative estimate of drug-likeness (QED) is 0.865. The summed E-state index contributed by atoms with van der Waals surface area (Å²) in [5.74, 6) is 0.957. The number of aromatic nitrogens is 1. The predicted octanol–water partition coefficient (Wildman–Crippen LogP) is 3.70. The van der Waals surface area contributed by atoms with E-state index >= 15 is 0 Å². The van der Waals surface area contributed by atoms with Crippen molar-refractivity contribution in [2.24, 2.45) is 0 Å². The van der Waals surface area contributed by atoms with E-state index in [-0.39, 0.29) is 5.92 Å². The number of nitrogen functional groups attached to an aromatic ring is 1. The Morgan fingerprint density at radius 2 is 1.88 bits per heavy atom. The molecule has 0 fully saturated rings. The molecule has 0 atom stereocenters. The minimum atomic E-state index is 0.230. The number of halogens is 1. The van der Waals surface area contributed by atoms with Crippen LogP contribution in [0.1, 0.15) is 25.5 Å². The third-order valence-corrected chi connectivity index (χ3v) is 2.65. The van der Waals surface area contributed by atoms with E-state index in [2.05, 4.69) is 5.16 Å². The summed E-state index contributed by atoms with van der Waals surface area (Å²) in [5, 5.41) is 4.68. The molecular formula is C12H13ClN2O. The van der Waals surface area contributed by atoms with E-state index in [1.165, 1.54) is 0 Å². The van der Waals surface area contributed by atoms with Crippen molar-refractivity contribution in [3.05, 3.63) is 35.0 Å². The molecular weight excluding hydrogens is 224 g/mol. The number of nitrogens with two attached hydrogens (primary N) is 1. The van der Waals surface area contributed by atoms with Crippen LogP contribution in [0, 0.1) is 0 Å². The number of rotatable bonds is 2. The molecule has 4 heteroatoms. The molecule has 0 radical (unpaired) electrons. The van der Waals surface area contributed by atoms with Gasteiger partial charge in [0, 0.05) is 16.5 Å². The molecule has 0 aliphatic heterocycles. The highest BCUT2D eigenvalue weighted by atomic mass is 35.5. The monoisotopic (exact) mass is 236 g/mol. The molecule has 0 aliphatic carbocycles. The highest BCUT2D eigenvalue weighted by Gasteiger charge is 2.16. The Bertz CT molecular complexity index is 488. The Morgan fingerprint density at radius 1 is 1.25 bits per heavy atom. The molecule has 16 heavy (non-hydrogen) atoms. The van der Waals surface area contributed by atoms with Gasteiger partial charge in [-0.3, -0.25) is 0 Å². The summed E-state index contributed by atoms with van der Waals surface area (Å²) in [6.07, 6.45) is 0. The first-order valence-electron chi connectivity index (χ1n) is 5.10. The van der Waals surface area contributed by atoms with Gasteiger partial charge in [0.1, 0.15) is 11.4 Å². The van der Waals surface area contributed by atoms with Crippen LogP contribution in [0.3, 0.4) is 0 Å². The van der Waals surface area contributed by atoms with E-state index in [1.807, 2.05) is 26.0 Å². The average Bonchev–Trinajstić information content (AvgIpc) is 2.61. The van der Waals surface area contributed by atoms with Crippen LogP contribution in [-0.2, 0) is 0 Å². The van der Waals surface area contributed by atoms with Crippen molar-refractivity contribution < 1.29 is 4.52 Å². The van der Waals surface area contributed by atoms with Crippen LogP contribution in [0.15, 0.2) is 28.8 Å². The molecule has 0 saturated heterocycles. The largest absolute Gasteiger partial charge is 0.394 e. The molecule has 2 aromatic rings. The zero-order valence-electron chi connectivity index (χ0n) is 9.20. The van der Waals surface area contributed by atoms with Gasteiger partial charge < -0.3 is 10.3 Å². The van der Waals surface area contributed by atoms with Crippen LogP contribution >= 0.6 is 11.6 Å². The molecule has 0 spiro atoms. The van der Waals surface area contributed by atoms with E-state index in [0.717, 1.165) is 11.3 Å². The fourth-order valence-electron chi connectivity index (χ4n) is 1.54. The van der Waals surface area contributed by atoms with Crippen LogP contribution in [0.5, 0.6) is 0 Å². The molecule has 0 amide bonds. The summed E-state index contributed by atoms with van der Waals surface area (Å²) in [5.41, 5.74) is 8.19. The molecule has 2 N–H and O–H groups in total. The highest BCUT2D eigenvalue weighted by molar-refractivity contribution is 6.30. The van der Waals surface area contributed by atoms with E-state index in [9.17, 15) is 0 Å². The molecule has 0 bridgehead atoms. The van der Waals surface area contributed by atoms with E-state index in [4.69, 9.17) is 21.9 Å². The number of benzene rings is 1. The van der Waals surface area contributed by atoms with Crippen LogP contribution < -0.4 is 5.73 Å². The van der Waals surface area contributed by atoms with Gasteiger partial charge in [-0.2, -0.15) is 0 Å². The second kappa shape index (κ2) is 4.18. The SMILES string of the molecule is CC(C)c1onc(-c2ccc(Cl)cc2)c1N. The van der Waals surface area contributed by atoms with Crippen LogP contribution in [0.2, 0.25) is 5.02 Å². The smallest absolute Gasteiger partial charge is 0.162 e. The van der Waals surface area contributed by atoms with Crippen molar-refractivity contribution in [3.63, 3.8) is 0 Å². The lowest BCUT2D eigenvalue weighted by Gasteiger charge is -2.00. The molecule has 84 valence electrons. The van der Waals surface area contributed by atoms with Crippen molar-refractivity contribution in [3.8, 4) is 11.3 Å². The summed E-state index contributed by atoms with van der Waals surface area (Å²) in [7, 11) is 0. The zero-order chi connectivity index (χ0) is 11.7. The second-order valence-electron chi connectivity index (χ2n) is 3.97. The van der Waals surface area contributed by atoms with E-state index in [0.29, 0.717) is 16.4 Å². The van der Waals surface area contributed by atoms with Gasteiger partial charge in [0.25, 0.3) is 0 Å². The van der Waals surface area contributed by atoms with Crippen molar-refractivity contribution in [2.75, 3.05) is 5.73 Å². The van der Waals surface area contributed by atoms with Crippen molar-refractivity contribution in [1.29, 1.82) is 0 Å². The Balaban J connectivity index is 2.45. The lowest BCUT2D eigenvalue weighted by atomic mass is 10.1. The Morgan fingerprint density at radius 3 is 2.38 bits per heavy atom. The third-order valence-electron chi connectivity index (χ3n) is 2.40. The minimum absolute atomic E-state index is 0.230. The zero-order valence-corrected chi connectivity index (χ0v) is 9.95. The fraction of sp³-hybridized carbons (Fsp3) is 0.250. The minimum Gasteiger partial charge on any atom is -0.394 e. The van der Waals surface area contributed by atoms with Crippen molar-refractivity contribution in [2.45, 2.75) is 19.8 Å². The van der Waals surface area contributed by atoms with Gasteiger partial charge in [-0.05, 0) is 12.1 Å². The number of nitrogens with zero attached hydrogens (tertiary/aromatic N) is 1. The first-order valence-corrected chi connectivity index (χ1v) is 5.48. The molecule has 1 aromatic heterocycles. The maximum absolute atomic E-state index is 5.99. The Hall–Kier alpha value is -1.48. The van der Waals surface area contributed by atoms with Gasteiger partial charge in [-0.25, -0.2) is 0 Å².